The maximum Gasteiger partial charge on any atom is 0.238 e. The molecule has 1 aliphatic heterocycles. The van der Waals surface area contributed by atoms with E-state index in [2.05, 4.69) is 0 Å². The smallest absolute Gasteiger partial charge is 0.238 e. The third-order valence-corrected chi connectivity index (χ3v) is 4.27. The molecule has 1 heterocycles. The van der Waals surface area contributed by atoms with E-state index in [4.69, 9.17) is 0 Å². The van der Waals surface area contributed by atoms with Crippen LogP contribution in [0.3, 0.4) is 0 Å². The van der Waals surface area contributed by atoms with Gasteiger partial charge in [-0.1, -0.05) is 30.3 Å². The molecule has 0 aromatic heterocycles. The third-order valence-electron chi connectivity index (χ3n) is 3.06. The predicted molar refractivity (Wildman–Crippen MR) is 75.5 cm³/mol. The third kappa shape index (κ3) is 2.36. The molecule has 1 amide bonds. The number of para-hydroxylation sites is 1. The number of amides is 1. The minimum atomic E-state index is -0.260. The number of hydrogen-bond acceptors (Lipinski definition) is 2. The normalized spacial score (nSPS) is 18.9. The van der Waals surface area contributed by atoms with Crippen LogP contribution in [0.15, 0.2) is 54.6 Å². The number of hydrogen-bond donors (Lipinski definition) is 0. The summed E-state index contributed by atoms with van der Waals surface area (Å²) in [4.78, 5) is 13.8. The van der Waals surface area contributed by atoms with Crippen LogP contribution in [0.2, 0.25) is 0 Å². The Morgan fingerprint density at radius 3 is 2.42 bits per heavy atom. The van der Waals surface area contributed by atoms with E-state index >= 15 is 0 Å². The van der Waals surface area contributed by atoms with Crippen LogP contribution < -0.4 is 4.90 Å². The van der Waals surface area contributed by atoms with E-state index in [1.165, 1.54) is 12.1 Å². The second-order valence-corrected chi connectivity index (χ2v) is 5.38. The topological polar surface area (TPSA) is 20.3 Å². The number of rotatable bonds is 2. The van der Waals surface area contributed by atoms with E-state index in [0.717, 1.165) is 11.3 Å². The first-order valence-corrected chi connectivity index (χ1v) is 7.05. The summed E-state index contributed by atoms with van der Waals surface area (Å²) in [6.45, 7) is 0. The quantitative estimate of drug-likeness (QED) is 0.833. The Labute approximate surface area is 115 Å². The molecule has 1 aliphatic rings. The molecule has 1 atom stereocenters. The van der Waals surface area contributed by atoms with Gasteiger partial charge >= 0.3 is 0 Å². The number of thioether (sulfide) groups is 1. The van der Waals surface area contributed by atoms with E-state index in [-0.39, 0.29) is 17.1 Å². The van der Waals surface area contributed by atoms with Gasteiger partial charge in [0.1, 0.15) is 11.2 Å². The number of carbonyl (C=O) groups is 1. The fourth-order valence-corrected chi connectivity index (χ4v) is 3.34. The van der Waals surface area contributed by atoms with Crippen molar-refractivity contribution in [3.05, 3.63) is 66.0 Å². The number of anilines is 1. The molecular formula is C15H12FNOS. The first kappa shape index (κ1) is 12.2. The lowest BCUT2D eigenvalue weighted by molar-refractivity contribution is -0.115. The second kappa shape index (κ2) is 5.05. The molecule has 0 saturated carbocycles. The van der Waals surface area contributed by atoms with Crippen LogP contribution in [0.25, 0.3) is 0 Å². The van der Waals surface area contributed by atoms with Gasteiger partial charge in [-0.3, -0.25) is 9.69 Å². The molecule has 2 aromatic rings. The molecular weight excluding hydrogens is 261 g/mol. The summed E-state index contributed by atoms with van der Waals surface area (Å²) in [6, 6.07) is 15.9. The first-order valence-electron chi connectivity index (χ1n) is 6.00. The molecule has 1 saturated heterocycles. The Kier molecular flexibility index (Phi) is 3.25. The highest BCUT2D eigenvalue weighted by molar-refractivity contribution is 8.00. The average molecular weight is 273 g/mol. The van der Waals surface area contributed by atoms with Gasteiger partial charge in [-0.25, -0.2) is 4.39 Å². The molecule has 0 radical (unpaired) electrons. The van der Waals surface area contributed by atoms with Crippen molar-refractivity contribution in [2.45, 2.75) is 5.37 Å². The predicted octanol–water partition coefficient (Wildman–Crippen LogP) is 3.60. The van der Waals surface area contributed by atoms with Crippen molar-refractivity contribution in [1.82, 2.24) is 0 Å². The Morgan fingerprint density at radius 2 is 1.74 bits per heavy atom. The van der Waals surface area contributed by atoms with Gasteiger partial charge in [0.2, 0.25) is 5.91 Å². The van der Waals surface area contributed by atoms with Gasteiger partial charge < -0.3 is 0 Å². The van der Waals surface area contributed by atoms with Crippen LogP contribution in [-0.2, 0) is 4.79 Å². The standard InChI is InChI=1S/C15H12FNOS/c16-12-8-6-11(7-9-12)15-17(14(18)10-19-15)13-4-2-1-3-5-13/h1-9,15H,10H2. The van der Waals surface area contributed by atoms with Crippen LogP contribution in [0, 0.1) is 5.82 Å². The van der Waals surface area contributed by atoms with E-state index in [0.29, 0.717) is 5.75 Å². The molecule has 96 valence electrons. The van der Waals surface area contributed by atoms with Crippen molar-refractivity contribution in [2.24, 2.45) is 0 Å². The number of halogens is 1. The maximum atomic E-state index is 13.0. The lowest BCUT2D eigenvalue weighted by Crippen LogP contribution is -2.27. The van der Waals surface area contributed by atoms with Gasteiger partial charge in [-0.05, 0) is 29.8 Å². The van der Waals surface area contributed by atoms with Gasteiger partial charge in [0.25, 0.3) is 0 Å². The lowest BCUT2D eigenvalue weighted by atomic mass is 10.2. The summed E-state index contributed by atoms with van der Waals surface area (Å²) in [5.41, 5.74) is 1.83. The van der Waals surface area contributed by atoms with Crippen molar-refractivity contribution >= 4 is 23.4 Å². The lowest BCUT2D eigenvalue weighted by Gasteiger charge is -2.24. The van der Waals surface area contributed by atoms with Gasteiger partial charge in [0, 0.05) is 5.69 Å². The Balaban J connectivity index is 1.97. The summed E-state index contributed by atoms with van der Waals surface area (Å²) in [5, 5.41) is -0.0736. The highest BCUT2D eigenvalue weighted by Crippen LogP contribution is 2.41. The zero-order chi connectivity index (χ0) is 13.2. The fourth-order valence-electron chi connectivity index (χ4n) is 2.17. The van der Waals surface area contributed by atoms with Crippen molar-refractivity contribution < 1.29 is 9.18 Å². The molecule has 0 spiro atoms. The number of carbonyl (C=O) groups excluding carboxylic acids is 1. The molecule has 0 bridgehead atoms. The van der Waals surface area contributed by atoms with Gasteiger partial charge in [-0.2, -0.15) is 0 Å². The van der Waals surface area contributed by atoms with E-state index in [9.17, 15) is 9.18 Å². The molecule has 2 nitrogen and oxygen atoms in total. The largest absolute Gasteiger partial charge is 0.295 e. The summed E-state index contributed by atoms with van der Waals surface area (Å²) >= 11 is 1.57. The summed E-state index contributed by atoms with van der Waals surface area (Å²) in [6.07, 6.45) is 0. The summed E-state index contributed by atoms with van der Waals surface area (Å²) in [5.74, 6) is 0.284. The second-order valence-electron chi connectivity index (χ2n) is 4.31. The van der Waals surface area contributed by atoms with Crippen molar-refractivity contribution in [3.63, 3.8) is 0 Å². The number of benzene rings is 2. The molecule has 3 rings (SSSR count). The van der Waals surface area contributed by atoms with Gasteiger partial charge in [0.05, 0.1) is 5.75 Å². The SMILES string of the molecule is O=C1CSC(c2ccc(F)cc2)N1c1ccccc1. The highest BCUT2D eigenvalue weighted by Gasteiger charge is 2.33. The minimum absolute atomic E-state index is 0.0736. The monoisotopic (exact) mass is 273 g/mol. The first-order chi connectivity index (χ1) is 9.25. The Bertz CT molecular complexity index is 585. The van der Waals surface area contributed by atoms with Crippen LogP contribution >= 0.6 is 11.8 Å². The number of nitrogens with zero attached hydrogens (tertiary/aromatic N) is 1. The van der Waals surface area contributed by atoms with Crippen molar-refractivity contribution in [3.8, 4) is 0 Å². The van der Waals surface area contributed by atoms with Crippen LogP contribution in [0.5, 0.6) is 0 Å². The average Bonchev–Trinajstić information content (AvgIpc) is 2.82. The fraction of sp³-hybridized carbons (Fsp3) is 0.133. The molecule has 4 heteroatoms. The van der Waals surface area contributed by atoms with Crippen LogP contribution in [-0.4, -0.2) is 11.7 Å². The molecule has 0 aliphatic carbocycles. The maximum absolute atomic E-state index is 13.0. The molecule has 1 unspecified atom stereocenters. The molecule has 19 heavy (non-hydrogen) atoms. The van der Waals surface area contributed by atoms with Gasteiger partial charge in [-0.15, -0.1) is 11.8 Å². The van der Waals surface area contributed by atoms with Gasteiger partial charge in [0.15, 0.2) is 0 Å². The van der Waals surface area contributed by atoms with E-state index in [1.807, 2.05) is 30.3 Å². The minimum Gasteiger partial charge on any atom is -0.295 e. The zero-order valence-corrected chi connectivity index (χ0v) is 10.9. The molecule has 2 aromatic carbocycles. The Morgan fingerprint density at radius 1 is 1.05 bits per heavy atom. The van der Waals surface area contributed by atoms with Crippen LogP contribution in [0.1, 0.15) is 10.9 Å². The molecule has 0 N–H and O–H groups in total. The summed E-state index contributed by atoms with van der Waals surface area (Å²) in [7, 11) is 0. The van der Waals surface area contributed by atoms with Crippen molar-refractivity contribution in [1.29, 1.82) is 0 Å². The zero-order valence-electron chi connectivity index (χ0n) is 10.1. The van der Waals surface area contributed by atoms with Crippen LogP contribution in [0.4, 0.5) is 10.1 Å². The summed E-state index contributed by atoms with van der Waals surface area (Å²) < 4.78 is 13.0. The Hall–Kier alpha value is -1.81. The highest BCUT2D eigenvalue weighted by atomic mass is 32.2. The van der Waals surface area contributed by atoms with E-state index in [1.54, 1.807) is 28.8 Å². The van der Waals surface area contributed by atoms with E-state index < -0.39 is 0 Å². The van der Waals surface area contributed by atoms with Crippen molar-refractivity contribution in [2.75, 3.05) is 10.7 Å². The molecule has 1 fully saturated rings.